The van der Waals surface area contributed by atoms with Crippen molar-refractivity contribution >= 4 is 21.5 Å². The monoisotopic (exact) mass is 435 g/mol. The van der Waals surface area contributed by atoms with E-state index < -0.39 is 21.2 Å². The van der Waals surface area contributed by atoms with Crippen LogP contribution in [0.1, 0.15) is 0 Å². The number of hydrogen-bond donors (Lipinski definition) is 1. The molecule has 1 aromatic carbocycles. The quantitative estimate of drug-likeness (QED) is 0.574. The Hall–Kier alpha value is -2.73. The molecule has 0 aliphatic carbocycles. The minimum atomic E-state index is -5.60. The van der Waals surface area contributed by atoms with Gasteiger partial charge in [-0.2, -0.15) is 21.6 Å². The van der Waals surface area contributed by atoms with Crippen LogP contribution in [0.25, 0.3) is 0 Å². The number of nitrogens with zero attached hydrogens (tertiary/aromatic N) is 2. The Bertz CT molecular complexity index is 895. The molecule has 0 aliphatic rings. The molecule has 1 heterocycles. The third-order valence-electron chi connectivity index (χ3n) is 3.57. The van der Waals surface area contributed by atoms with Crippen molar-refractivity contribution in [1.82, 2.24) is 4.98 Å². The molecule has 2 rings (SSSR count). The van der Waals surface area contributed by atoms with E-state index in [0.29, 0.717) is 6.54 Å². The van der Waals surface area contributed by atoms with Crippen LogP contribution in [0.3, 0.4) is 0 Å². The van der Waals surface area contributed by atoms with Crippen molar-refractivity contribution in [2.75, 3.05) is 43.7 Å². The molecule has 29 heavy (non-hydrogen) atoms. The van der Waals surface area contributed by atoms with Gasteiger partial charge in [-0.25, -0.2) is 4.98 Å². The maximum absolute atomic E-state index is 12.6. The van der Waals surface area contributed by atoms with E-state index in [4.69, 9.17) is 14.2 Å². The first kappa shape index (κ1) is 22.6. The van der Waals surface area contributed by atoms with E-state index in [1.807, 2.05) is 24.1 Å². The van der Waals surface area contributed by atoms with Crippen molar-refractivity contribution < 1.29 is 35.8 Å². The van der Waals surface area contributed by atoms with E-state index in [1.165, 1.54) is 24.0 Å². The largest absolute Gasteiger partial charge is 0.516 e. The molecule has 1 N–H and O–H groups in total. The molecule has 0 bridgehead atoms. The number of halogens is 3. The fraction of sp³-hybridized carbons (Fsp3) is 0.353. The Balaban J connectivity index is 2.07. The van der Waals surface area contributed by atoms with Crippen molar-refractivity contribution in [1.29, 1.82) is 0 Å². The van der Waals surface area contributed by atoms with Crippen LogP contribution in [-0.2, 0) is 14.8 Å². The van der Waals surface area contributed by atoms with Crippen LogP contribution in [0.5, 0.6) is 11.5 Å². The maximum Gasteiger partial charge on any atom is 0.516 e. The molecule has 12 heteroatoms. The van der Waals surface area contributed by atoms with Gasteiger partial charge >= 0.3 is 15.5 Å². The van der Waals surface area contributed by atoms with Crippen molar-refractivity contribution in [3.8, 4) is 11.5 Å². The van der Waals surface area contributed by atoms with Crippen LogP contribution in [0.2, 0.25) is 0 Å². The van der Waals surface area contributed by atoms with Crippen LogP contribution >= 0.6 is 0 Å². The third-order valence-corrected chi connectivity index (χ3v) is 4.67. The van der Waals surface area contributed by atoms with Crippen LogP contribution in [0.4, 0.5) is 24.7 Å². The van der Waals surface area contributed by atoms with Crippen molar-refractivity contribution in [2.24, 2.45) is 0 Å². The minimum absolute atomic E-state index is 0.171. The highest BCUT2D eigenvalue weighted by atomic mass is 32.2. The van der Waals surface area contributed by atoms with Gasteiger partial charge in [-0.05, 0) is 24.3 Å². The molecule has 0 radical (unpaired) electrons. The molecule has 0 fully saturated rings. The van der Waals surface area contributed by atoms with E-state index in [-0.39, 0.29) is 24.9 Å². The average molecular weight is 435 g/mol. The molecule has 2 aromatic rings. The second-order valence-corrected chi connectivity index (χ2v) is 7.39. The lowest BCUT2D eigenvalue weighted by Gasteiger charge is -2.19. The molecule has 0 saturated carbocycles. The van der Waals surface area contributed by atoms with E-state index in [1.54, 1.807) is 12.3 Å². The van der Waals surface area contributed by atoms with Crippen LogP contribution in [-0.4, -0.2) is 53.0 Å². The summed E-state index contributed by atoms with van der Waals surface area (Å²) in [6.45, 7) is 0.421. The summed E-state index contributed by atoms with van der Waals surface area (Å²) in [6, 6.07) is 9.19. The minimum Gasteiger partial charge on any atom is -0.492 e. The molecular weight excluding hydrogens is 415 g/mol. The Kier molecular flexibility index (Phi) is 7.51. The summed E-state index contributed by atoms with van der Waals surface area (Å²) >= 11 is 0. The first-order valence-corrected chi connectivity index (χ1v) is 9.72. The second kappa shape index (κ2) is 9.65. The van der Waals surface area contributed by atoms with Gasteiger partial charge in [-0.3, -0.25) is 4.72 Å². The molecule has 0 unspecified atom stereocenters. The number of benzene rings is 1. The molecule has 8 nitrogen and oxygen atoms in total. The molecule has 0 aliphatic heterocycles. The van der Waals surface area contributed by atoms with Crippen LogP contribution in [0, 0.1) is 0 Å². The maximum atomic E-state index is 12.6. The number of aromatic nitrogens is 1. The number of nitrogens with one attached hydrogen (secondary N) is 1. The van der Waals surface area contributed by atoms with Gasteiger partial charge in [0.15, 0.2) is 6.79 Å². The topological polar surface area (TPSA) is 90.0 Å². The fourth-order valence-electron chi connectivity index (χ4n) is 2.12. The predicted octanol–water partition coefficient (Wildman–Crippen LogP) is 2.84. The Morgan fingerprint density at radius 2 is 1.93 bits per heavy atom. The van der Waals surface area contributed by atoms with Crippen LogP contribution in [0.15, 0.2) is 42.6 Å². The second-order valence-electron chi connectivity index (χ2n) is 5.72. The van der Waals surface area contributed by atoms with Crippen molar-refractivity contribution in [3.05, 3.63) is 42.6 Å². The average Bonchev–Trinajstić information content (AvgIpc) is 2.67. The number of likely N-dealkylation sites (N-methyl/N-ethyl adjacent to an activating group) is 1. The zero-order chi connectivity index (χ0) is 21.5. The van der Waals surface area contributed by atoms with E-state index >= 15 is 0 Å². The van der Waals surface area contributed by atoms with Gasteiger partial charge in [-0.1, -0.05) is 6.07 Å². The lowest BCUT2D eigenvalue weighted by Crippen LogP contribution is -2.30. The van der Waals surface area contributed by atoms with Gasteiger partial charge < -0.3 is 19.1 Å². The van der Waals surface area contributed by atoms with Gasteiger partial charge in [0.1, 0.15) is 23.9 Å². The number of alkyl halides is 3. The summed E-state index contributed by atoms with van der Waals surface area (Å²) in [5.41, 5.74) is -5.85. The normalized spacial score (nSPS) is 11.8. The Labute approximate surface area is 166 Å². The standard InChI is InChI=1S/C17H20F3N3O5S/c1-23(16-5-3-4-8-21-16)9-10-27-13-6-7-14(15(11-13)28-12-26-2)22-29(24,25)17(18,19)20/h3-8,11,22H,9-10,12H2,1-2H3. The zero-order valence-electron chi connectivity index (χ0n) is 15.6. The fourth-order valence-corrected chi connectivity index (χ4v) is 2.69. The number of pyridine rings is 1. The van der Waals surface area contributed by atoms with E-state index in [0.717, 1.165) is 11.9 Å². The van der Waals surface area contributed by atoms with Gasteiger partial charge in [0.25, 0.3) is 0 Å². The van der Waals surface area contributed by atoms with Gasteiger partial charge in [0, 0.05) is 26.4 Å². The molecule has 0 saturated heterocycles. The van der Waals surface area contributed by atoms with Gasteiger partial charge in [-0.15, -0.1) is 0 Å². The summed E-state index contributed by atoms with van der Waals surface area (Å²) in [5, 5.41) is 0. The van der Waals surface area contributed by atoms with Crippen molar-refractivity contribution in [2.45, 2.75) is 5.51 Å². The molecule has 0 amide bonds. The lowest BCUT2D eigenvalue weighted by molar-refractivity contribution is -0.0429. The molecule has 0 atom stereocenters. The Morgan fingerprint density at radius 3 is 2.55 bits per heavy atom. The first-order chi connectivity index (χ1) is 13.6. The molecule has 1 aromatic heterocycles. The predicted molar refractivity (Wildman–Crippen MR) is 101 cm³/mol. The van der Waals surface area contributed by atoms with Crippen LogP contribution < -0.4 is 19.1 Å². The molecule has 160 valence electrons. The highest BCUT2D eigenvalue weighted by Crippen LogP contribution is 2.33. The summed E-state index contributed by atoms with van der Waals surface area (Å²) in [6.07, 6.45) is 1.66. The van der Waals surface area contributed by atoms with E-state index in [9.17, 15) is 21.6 Å². The summed E-state index contributed by atoms with van der Waals surface area (Å²) in [4.78, 5) is 6.05. The summed E-state index contributed by atoms with van der Waals surface area (Å²) in [5.74, 6) is 0.854. The molecule has 0 spiro atoms. The number of methoxy groups -OCH3 is 1. The third kappa shape index (κ3) is 6.39. The number of ether oxygens (including phenoxy) is 3. The number of rotatable bonds is 10. The summed E-state index contributed by atoms with van der Waals surface area (Å²) in [7, 11) is -2.46. The number of sulfonamides is 1. The molecular formula is C17H20F3N3O5S. The van der Waals surface area contributed by atoms with Crippen molar-refractivity contribution in [3.63, 3.8) is 0 Å². The smallest absolute Gasteiger partial charge is 0.492 e. The highest BCUT2D eigenvalue weighted by Gasteiger charge is 2.46. The number of hydrogen-bond acceptors (Lipinski definition) is 7. The van der Waals surface area contributed by atoms with E-state index in [2.05, 4.69) is 4.98 Å². The lowest BCUT2D eigenvalue weighted by atomic mass is 10.3. The zero-order valence-corrected chi connectivity index (χ0v) is 16.5. The number of anilines is 2. The highest BCUT2D eigenvalue weighted by molar-refractivity contribution is 7.93. The van der Waals surface area contributed by atoms with Gasteiger partial charge in [0.05, 0.1) is 12.2 Å². The van der Waals surface area contributed by atoms with Gasteiger partial charge in [0.2, 0.25) is 0 Å². The SMILES string of the molecule is COCOc1cc(OCCN(C)c2ccccn2)ccc1NS(=O)(=O)C(F)(F)F. The first-order valence-electron chi connectivity index (χ1n) is 8.24. The summed E-state index contributed by atoms with van der Waals surface area (Å²) < 4.78 is 77.5. The Morgan fingerprint density at radius 1 is 1.17 bits per heavy atom.